The van der Waals surface area contributed by atoms with Crippen LogP contribution >= 0.6 is 23.1 Å². The largest absolute Gasteiger partial charge is 0.493 e. The van der Waals surface area contributed by atoms with Crippen molar-refractivity contribution in [3.63, 3.8) is 0 Å². The summed E-state index contributed by atoms with van der Waals surface area (Å²) in [6.45, 7) is 0. The highest BCUT2D eigenvalue weighted by Crippen LogP contribution is 2.38. The normalized spacial score (nSPS) is 10.4. The van der Waals surface area contributed by atoms with E-state index in [1.165, 1.54) is 37.3 Å². The maximum atomic E-state index is 12.8. The van der Waals surface area contributed by atoms with Crippen molar-refractivity contribution in [1.29, 1.82) is 0 Å². The summed E-state index contributed by atoms with van der Waals surface area (Å²) in [5.41, 5.74) is 7.14. The van der Waals surface area contributed by atoms with Crippen LogP contribution in [-0.2, 0) is 4.79 Å². The molecule has 29 heavy (non-hydrogen) atoms. The zero-order valence-corrected chi connectivity index (χ0v) is 17.4. The van der Waals surface area contributed by atoms with Gasteiger partial charge in [-0.15, -0.1) is 0 Å². The van der Waals surface area contributed by atoms with Crippen LogP contribution < -0.4 is 20.5 Å². The molecule has 3 aromatic rings. The van der Waals surface area contributed by atoms with Gasteiger partial charge in [0.25, 0.3) is 5.91 Å². The van der Waals surface area contributed by atoms with E-state index in [0.717, 1.165) is 5.56 Å². The Labute approximate surface area is 176 Å². The average Bonchev–Trinajstić information content (AvgIpc) is 3.14. The molecule has 0 bridgehead atoms. The van der Waals surface area contributed by atoms with Gasteiger partial charge < -0.3 is 20.5 Å². The number of anilines is 1. The number of thiazole rings is 1. The molecule has 0 spiro atoms. The number of carbonyl (C=O) groups is 2. The number of rotatable bonds is 8. The number of nitrogens with zero attached hydrogens (tertiary/aromatic N) is 1. The fraction of sp³-hybridized carbons (Fsp3) is 0.150. The number of benzene rings is 2. The van der Waals surface area contributed by atoms with Gasteiger partial charge >= 0.3 is 0 Å². The summed E-state index contributed by atoms with van der Waals surface area (Å²) in [6.07, 6.45) is 0. The lowest BCUT2D eigenvalue weighted by Crippen LogP contribution is -2.12. The number of nitrogens with two attached hydrogens (primary N) is 1. The van der Waals surface area contributed by atoms with Crippen LogP contribution in [0.15, 0.2) is 52.9 Å². The molecular weight excluding hydrogens is 410 g/mol. The maximum absolute atomic E-state index is 12.8. The Morgan fingerprint density at radius 2 is 1.83 bits per heavy atom. The Balaban J connectivity index is 1.90. The fourth-order valence-electron chi connectivity index (χ4n) is 2.52. The van der Waals surface area contributed by atoms with Crippen molar-refractivity contribution in [2.24, 2.45) is 5.73 Å². The van der Waals surface area contributed by atoms with Crippen LogP contribution in [0, 0.1) is 0 Å². The number of hydrogen-bond acceptors (Lipinski definition) is 7. The molecule has 0 aliphatic carbocycles. The van der Waals surface area contributed by atoms with E-state index in [9.17, 15) is 9.59 Å². The number of aromatic nitrogens is 1. The van der Waals surface area contributed by atoms with Gasteiger partial charge in [0.15, 0.2) is 15.8 Å². The molecule has 2 amide bonds. The predicted octanol–water partition coefficient (Wildman–Crippen LogP) is 3.66. The molecular formula is C20H19N3O4S2. The molecule has 1 heterocycles. The van der Waals surface area contributed by atoms with E-state index >= 15 is 0 Å². The van der Waals surface area contributed by atoms with Gasteiger partial charge in [-0.1, -0.05) is 53.4 Å². The maximum Gasteiger partial charge on any atom is 0.256 e. The Bertz CT molecular complexity index is 1020. The van der Waals surface area contributed by atoms with E-state index in [1.54, 1.807) is 18.2 Å². The summed E-state index contributed by atoms with van der Waals surface area (Å²) in [4.78, 5) is 28.5. The first-order valence-corrected chi connectivity index (χ1v) is 10.3. The topological polar surface area (TPSA) is 104 Å². The molecule has 0 aliphatic rings. The average molecular weight is 430 g/mol. The molecule has 2 aromatic carbocycles. The molecule has 0 radical (unpaired) electrons. The number of methoxy groups -OCH3 is 2. The van der Waals surface area contributed by atoms with Gasteiger partial charge in [-0.05, 0) is 18.2 Å². The number of primary amides is 1. The fourth-order valence-corrected chi connectivity index (χ4v) is 4.32. The number of amides is 2. The van der Waals surface area contributed by atoms with Crippen molar-refractivity contribution in [3.8, 4) is 22.8 Å². The molecule has 7 nitrogen and oxygen atoms in total. The van der Waals surface area contributed by atoms with Crippen molar-refractivity contribution in [2.45, 2.75) is 4.34 Å². The van der Waals surface area contributed by atoms with E-state index < -0.39 is 5.91 Å². The molecule has 3 N–H and O–H groups in total. The Morgan fingerprint density at radius 3 is 2.48 bits per heavy atom. The van der Waals surface area contributed by atoms with Crippen LogP contribution in [0.2, 0.25) is 0 Å². The summed E-state index contributed by atoms with van der Waals surface area (Å²) < 4.78 is 11.1. The molecule has 0 unspecified atom stereocenters. The number of nitrogens with one attached hydrogen (secondary N) is 1. The van der Waals surface area contributed by atoms with Gasteiger partial charge in [0, 0.05) is 11.1 Å². The van der Waals surface area contributed by atoms with Crippen molar-refractivity contribution < 1.29 is 19.1 Å². The lowest BCUT2D eigenvalue weighted by Gasteiger charge is -2.10. The second-order valence-corrected chi connectivity index (χ2v) is 8.02. The highest BCUT2D eigenvalue weighted by molar-refractivity contribution is 8.01. The van der Waals surface area contributed by atoms with Crippen LogP contribution in [0.3, 0.4) is 0 Å². The lowest BCUT2D eigenvalue weighted by molar-refractivity contribution is -0.115. The molecule has 0 aliphatic heterocycles. The van der Waals surface area contributed by atoms with Crippen molar-refractivity contribution in [3.05, 3.63) is 54.1 Å². The quantitative estimate of drug-likeness (QED) is 0.530. The smallest absolute Gasteiger partial charge is 0.256 e. The molecule has 0 fully saturated rings. The first-order valence-electron chi connectivity index (χ1n) is 8.52. The van der Waals surface area contributed by atoms with Crippen LogP contribution in [0.5, 0.6) is 11.5 Å². The standard InChI is InChI=1S/C20H19N3O4S2/c1-26-14-9-8-13(10-15(14)27-2)18(25)23-19-17(12-6-4-3-5-7-12)22-20(29-19)28-11-16(21)24/h3-10H,11H2,1-2H3,(H2,21,24)(H,23,25). The molecule has 0 saturated heterocycles. The SMILES string of the molecule is COc1ccc(C(=O)Nc2sc(SCC(N)=O)nc2-c2ccccc2)cc1OC. The molecule has 150 valence electrons. The molecule has 9 heteroatoms. The zero-order chi connectivity index (χ0) is 20.8. The number of ether oxygens (including phenoxy) is 2. The summed E-state index contributed by atoms with van der Waals surface area (Å²) in [5, 5.41) is 3.50. The number of carbonyl (C=O) groups excluding carboxylic acids is 2. The minimum atomic E-state index is -0.428. The Morgan fingerprint density at radius 1 is 1.10 bits per heavy atom. The minimum Gasteiger partial charge on any atom is -0.493 e. The first kappa shape index (κ1) is 20.7. The third-order valence-electron chi connectivity index (χ3n) is 3.87. The highest BCUT2D eigenvalue weighted by atomic mass is 32.2. The van der Waals surface area contributed by atoms with Gasteiger partial charge in [0.2, 0.25) is 5.91 Å². The summed E-state index contributed by atoms with van der Waals surface area (Å²) >= 11 is 2.53. The van der Waals surface area contributed by atoms with Crippen molar-refractivity contribution in [2.75, 3.05) is 25.3 Å². The summed E-state index contributed by atoms with van der Waals surface area (Å²) in [7, 11) is 3.05. The zero-order valence-electron chi connectivity index (χ0n) is 15.8. The van der Waals surface area contributed by atoms with Gasteiger partial charge in [0.05, 0.1) is 20.0 Å². The van der Waals surface area contributed by atoms with Gasteiger partial charge in [0.1, 0.15) is 10.7 Å². The van der Waals surface area contributed by atoms with Gasteiger partial charge in [-0.3, -0.25) is 9.59 Å². The van der Waals surface area contributed by atoms with E-state index in [-0.39, 0.29) is 11.7 Å². The van der Waals surface area contributed by atoms with E-state index in [2.05, 4.69) is 10.3 Å². The van der Waals surface area contributed by atoms with E-state index in [1.807, 2.05) is 30.3 Å². The second-order valence-electron chi connectivity index (χ2n) is 5.80. The lowest BCUT2D eigenvalue weighted by atomic mass is 10.1. The van der Waals surface area contributed by atoms with E-state index in [4.69, 9.17) is 15.2 Å². The van der Waals surface area contributed by atoms with Crippen LogP contribution in [0.25, 0.3) is 11.3 Å². The monoisotopic (exact) mass is 429 g/mol. The Kier molecular flexibility index (Phi) is 6.73. The summed E-state index contributed by atoms with van der Waals surface area (Å²) in [5.74, 6) is 0.383. The minimum absolute atomic E-state index is 0.116. The van der Waals surface area contributed by atoms with Crippen molar-refractivity contribution in [1.82, 2.24) is 4.98 Å². The summed E-state index contributed by atoms with van der Waals surface area (Å²) in [6, 6.07) is 14.4. The van der Waals surface area contributed by atoms with Gasteiger partial charge in [-0.25, -0.2) is 4.98 Å². The van der Waals surface area contributed by atoms with E-state index in [0.29, 0.717) is 32.1 Å². The third-order valence-corrected chi connectivity index (χ3v) is 6.00. The van der Waals surface area contributed by atoms with Crippen LogP contribution in [0.1, 0.15) is 10.4 Å². The number of thioether (sulfide) groups is 1. The highest BCUT2D eigenvalue weighted by Gasteiger charge is 2.18. The molecule has 3 rings (SSSR count). The Hall–Kier alpha value is -3.04. The molecule has 0 atom stereocenters. The third kappa shape index (κ3) is 5.07. The first-order chi connectivity index (χ1) is 14.0. The van der Waals surface area contributed by atoms with Crippen molar-refractivity contribution >= 4 is 39.9 Å². The molecule has 1 aromatic heterocycles. The van der Waals surface area contributed by atoms with Crippen LogP contribution in [0.4, 0.5) is 5.00 Å². The van der Waals surface area contributed by atoms with Crippen LogP contribution in [-0.4, -0.2) is 36.8 Å². The predicted molar refractivity (Wildman–Crippen MR) is 115 cm³/mol. The second kappa shape index (κ2) is 9.44. The molecule has 0 saturated carbocycles. The van der Waals surface area contributed by atoms with Gasteiger partial charge in [-0.2, -0.15) is 0 Å². The number of hydrogen-bond donors (Lipinski definition) is 2.